The summed E-state index contributed by atoms with van der Waals surface area (Å²) >= 11 is 0. The van der Waals surface area contributed by atoms with Crippen molar-refractivity contribution in [3.63, 3.8) is 0 Å². The molecular formula is C8H9N3O2. The highest BCUT2D eigenvalue weighted by molar-refractivity contribution is 5.69. The van der Waals surface area contributed by atoms with Crippen LogP contribution in [0.25, 0.3) is 0 Å². The largest absolute Gasteiger partial charge is 0.480 e. The van der Waals surface area contributed by atoms with Crippen molar-refractivity contribution < 1.29 is 9.90 Å². The Morgan fingerprint density at radius 1 is 1.77 bits per heavy atom. The number of hydrogen-bond donors (Lipinski definition) is 3. The minimum Gasteiger partial charge on any atom is -0.480 e. The van der Waals surface area contributed by atoms with Gasteiger partial charge < -0.3 is 10.1 Å². The second kappa shape index (κ2) is 4.95. The molecule has 3 N–H and O–H groups in total. The first-order chi connectivity index (χ1) is 6.29. The normalized spacial score (nSPS) is 8.92. The summed E-state index contributed by atoms with van der Waals surface area (Å²) in [5, 5.41) is 10.9. The number of aliphatic carboxylic acids is 1. The molecule has 0 atom stereocenters. The monoisotopic (exact) mass is 179 g/mol. The Hall–Kier alpha value is -1.80. The van der Waals surface area contributed by atoms with Gasteiger partial charge in [0.15, 0.2) is 0 Å². The van der Waals surface area contributed by atoms with E-state index in [-0.39, 0.29) is 6.54 Å². The zero-order chi connectivity index (χ0) is 9.52. The Labute approximate surface area is 75.2 Å². The van der Waals surface area contributed by atoms with Gasteiger partial charge in [-0.3, -0.25) is 10.1 Å². The SMILES string of the molecule is O=C(O)CNCC#Cc1c[nH]cn1. The molecular weight excluding hydrogens is 170 g/mol. The summed E-state index contributed by atoms with van der Waals surface area (Å²) in [7, 11) is 0. The minimum absolute atomic E-state index is 0.0742. The van der Waals surface area contributed by atoms with Crippen LogP contribution < -0.4 is 5.32 Å². The van der Waals surface area contributed by atoms with Crippen LogP contribution in [0.1, 0.15) is 5.69 Å². The lowest BCUT2D eigenvalue weighted by Gasteiger charge is -1.91. The van der Waals surface area contributed by atoms with Crippen molar-refractivity contribution in [2.24, 2.45) is 0 Å². The number of carboxylic acids is 1. The molecule has 5 nitrogen and oxygen atoms in total. The molecule has 0 fully saturated rings. The number of nitrogens with zero attached hydrogens (tertiary/aromatic N) is 1. The lowest BCUT2D eigenvalue weighted by molar-refractivity contribution is -0.135. The van der Waals surface area contributed by atoms with Gasteiger partial charge in [-0.1, -0.05) is 5.92 Å². The first-order valence-electron chi connectivity index (χ1n) is 3.69. The average Bonchev–Trinajstić information content (AvgIpc) is 2.55. The van der Waals surface area contributed by atoms with Crippen LogP contribution >= 0.6 is 0 Å². The minimum atomic E-state index is -0.887. The van der Waals surface area contributed by atoms with Crippen molar-refractivity contribution in [2.45, 2.75) is 0 Å². The van der Waals surface area contributed by atoms with E-state index in [0.29, 0.717) is 12.2 Å². The summed E-state index contributed by atoms with van der Waals surface area (Å²) in [5.41, 5.74) is 0.650. The maximum atomic E-state index is 10.1. The lowest BCUT2D eigenvalue weighted by Crippen LogP contribution is -2.22. The van der Waals surface area contributed by atoms with Gasteiger partial charge in [0.05, 0.1) is 19.4 Å². The quantitative estimate of drug-likeness (QED) is 0.429. The van der Waals surface area contributed by atoms with E-state index in [0.717, 1.165) is 0 Å². The molecule has 68 valence electrons. The van der Waals surface area contributed by atoms with E-state index in [4.69, 9.17) is 5.11 Å². The Balaban J connectivity index is 2.22. The van der Waals surface area contributed by atoms with Gasteiger partial charge in [-0.2, -0.15) is 0 Å². The molecule has 1 aromatic rings. The van der Waals surface area contributed by atoms with Crippen LogP contribution in [0.2, 0.25) is 0 Å². The van der Waals surface area contributed by atoms with E-state index in [9.17, 15) is 4.79 Å². The van der Waals surface area contributed by atoms with Gasteiger partial charge in [0.1, 0.15) is 5.69 Å². The first kappa shape index (κ1) is 9.29. The third-order valence-electron chi connectivity index (χ3n) is 1.20. The third kappa shape index (κ3) is 3.94. The maximum absolute atomic E-state index is 10.1. The van der Waals surface area contributed by atoms with E-state index in [1.165, 1.54) is 6.33 Å². The number of H-pyrrole nitrogens is 1. The summed E-state index contributed by atoms with van der Waals surface area (Å²) in [6.45, 7) is 0.272. The van der Waals surface area contributed by atoms with Crippen molar-refractivity contribution in [3.05, 3.63) is 18.2 Å². The Kier molecular flexibility index (Phi) is 3.54. The lowest BCUT2D eigenvalue weighted by atomic mass is 10.4. The van der Waals surface area contributed by atoms with Crippen molar-refractivity contribution in [3.8, 4) is 11.8 Å². The number of aromatic nitrogens is 2. The molecule has 0 aliphatic heterocycles. The van der Waals surface area contributed by atoms with Gasteiger partial charge in [-0.05, 0) is 5.92 Å². The number of nitrogens with one attached hydrogen (secondary N) is 2. The molecule has 0 spiro atoms. The molecule has 5 heteroatoms. The smallest absolute Gasteiger partial charge is 0.317 e. The highest BCUT2D eigenvalue weighted by Crippen LogP contribution is 1.84. The second-order valence-electron chi connectivity index (χ2n) is 2.25. The molecule has 0 bridgehead atoms. The highest BCUT2D eigenvalue weighted by atomic mass is 16.4. The molecule has 0 saturated heterocycles. The van der Waals surface area contributed by atoms with Crippen LogP contribution in [0.4, 0.5) is 0 Å². The van der Waals surface area contributed by atoms with Crippen LogP contribution in [0.5, 0.6) is 0 Å². The summed E-state index contributed by atoms with van der Waals surface area (Å²) in [6, 6.07) is 0. The van der Waals surface area contributed by atoms with E-state index in [1.807, 2.05) is 0 Å². The summed E-state index contributed by atoms with van der Waals surface area (Å²) < 4.78 is 0. The molecule has 13 heavy (non-hydrogen) atoms. The van der Waals surface area contributed by atoms with Crippen molar-refractivity contribution in [1.29, 1.82) is 0 Å². The number of carboxylic acid groups (broad SMARTS) is 1. The van der Waals surface area contributed by atoms with Gasteiger partial charge in [0, 0.05) is 6.20 Å². The van der Waals surface area contributed by atoms with Gasteiger partial charge in [-0.25, -0.2) is 4.98 Å². The fourth-order valence-corrected chi connectivity index (χ4v) is 0.695. The zero-order valence-electron chi connectivity index (χ0n) is 6.87. The molecule has 0 aromatic carbocycles. The average molecular weight is 179 g/mol. The third-order valence-corrected chi connectivity index (χ3v) is 1.20. The summed E-state index contributed by atoms with van der Waals surface area (Å²) in [5.74, 6) is 4.60. The first-order valence-corrected chi connectivity index (χ1v) is 3.69. The molecule has 0 aliphatic rings. The van der Waals surface area contributed by atoms with Crippen LogP contribution in [0.3, 0.4) is 0 Å². The number of imidazole rings is 1. The van der Waals surface area contributed by atoms with Crippen LogP contribution in [0, 0.1) is 11.8 Å². The topological polar surface area (TPSA) is 78.0 Å². The van der Waals surface area contributed by atoms with Gasteiger partial charge >= 0.3 is 5.97 Å². The fourth-order valence-electron chi connectivity index (χ4n) is 0.695. The predicted molar refractivity (Wildman–Crippen MR) is 46.0 cm³/mol. The molecule has 1 aromatic heterocycles. The van der Waals surface area contributed by atoms with Crippen molar-refractivity contribution in [2.75, 3.05) is 13.1 Å². The van der Waals surface area contributed by atoms with E-state index >= 15 is 0 Å². The van der Waals surface area contributed by atoms with Gasteiger partial charge in [0.25, 0.3) is 0 Å². The number of carbonyl (C=O) groups is 1. The number of aromatic amines is 1. The second-order valence-corrected chi connectivity index (χ2v) is 2.25. The Morgan fingerprint density at radius 3 is 3.23 bits per heavy atom. The standard InChI is InChI=1S/C8H9N3O2/c12-8(13)5-9-3-1-2-7-4-10-6-11-7/h4,6,9H,3,5H2,(H,10,11)(H,12,13). The Morgan fingerprint density at radius 2 is 2.62 bits per heavy atom. The molecule has 0 unspecified atom stereocenters. The van der Waals surface area contributed by atoms with Crippen LogP contribution in [0.15, 0.2) is 12.5 Å². The van der Waals surface area contributed by atoms with E-state index in [1.54, 1.807) is 6.20 Å². The van der Waals surface area contributed by atoms with Crippen molar-refractivity contribution >= 4 is 5.97 Å². The molecule has 0 amide bonds. The van der Waals surface area contributed by atoms with E-state index < -0.39 is 5.97 Å². The van der Waals surface area contributed by atoms with E-state index in [2.05, 4.69) is 27.1 Å². The van der Waals surface area contributed by atoms with Crippen LogP contribution in [-0.2, 0) is 4.79 Å². The number of rotatable bonds is 3. The zero-order valence-corrected chi connectivity index (χ0v) is 6.87. The number of hydrogen-bond acceptors (Lipinski definition) is 3. The molecule has 0 saturated carbocycles. The van der Waals surface area contributed by atoms with Crippen LogP contribution in [-0.4, -0.2) is 34.1 Å². The summed E-state index contributed by atoms with van der Waals surface area (Å²) in [4.78, 5) is 16.7. The van der Waals surface area contributed by atoms with Crippen molar-refractivity contribution in [1.82, 2.24) is 15.3 Å². The Bertz CT molecular complexity index is 321. The molecule has 0 aliphatic carbocycles. The molecule has 0 radical (unpaired) electrons. The van der Waals surface area contributed by atoms with Gasteiger partial charge in [-0.15, -0.1) is 0 Å². The maximum Gasteiger partial charge on any atom is 0.317 e. The highest BCUT2D eigenvalue weighted by Gasteiger charge is 1.91. The fraction of sp³-hybridized carbons (Fsp3) is 0.250. The molecule has 1 heterocycles. The summed E-state index contributed by atoms with van der Waals surface area (Å²) in [6.07, 6.45) is 3.21. The predicted octanol–water partition coefficient (Wildman–Crippen LogP) is -0.565. The van der Waals surface area contributed by atoms with Gasteiger partial charge in [0.2, 0.25) is 0 Å². The molecule has 1 rings (SSSR count).